The van der Waals surface area contributed by atoms with E-state index in [2.05, 4.69) is 10.4 Å². The van der Waals surface area contributed by atoms with Crippen LogP contribution in [-0.4, -0.2) is 22.5 Å². The second kappa shape index (κ2) is 5.21. The summed E-state index contributed by atoms with van der Waals surface area (Å²) in [5, 5.41) is 15.5. The minimum absolute atomic E-state index is 0.342. The number of hydrogen-bond acceptors (Lipinski definition) is 3. The van der Waals surface area contributed by atoms with Crippen LogP contribution in [0.4, 0.5) is 13.2 Å². The van der Waals surface area contributed by atoms with Crippen molar-refractivity contribution in [1.29, 1.82) is 5.26 Å². The zero-order valence-corrected chi connectivity index (χ0v) is 11.3. The molecule has 1 aromatic rings. The van der Waals surface area contributed by atoms with E-state index in [-0.39, 0.29) is 5.41 Å². The molecule has 0 saturated heterocycles. The average molecular weight is 274 g/mol. The van der Waals surface area contributed by atoms with E-state index in [0.29, 0.717) is 11.3 Å². The Morgan fingerprint density at radius 3 is 2.42 bits per heavy atom. The third-order valence-corrected chi connectivity index (χ3v) is 2.51. The fraction of sp³-hybridized carbons (Fsp3) is 0.667. The molecule has 0 aliphatic rings. The molecule has 7 heteroatoms. The highest BCUT2D eigenvalue weighted by atomic mass is 19.4. The van der Waals surface area contributed by atoms with E-state index in [1.807, 2.05) is 26.8 Å². The van der Waals surface area contributed by atoms with E-state index >= 15 is 0 Å². The second-order valence-electron chi connectivity index (χ2n) is 5.41. The van der Waals surface area contributed by atoms with Gasteiger partial charge in [0.1, 0.15) is 6.04 Å². The van der Waals surface area contributed by atoms with Crippen LogP contribution in [0.3, 0.4) is 0 Å². The quantitative estimate of drug-likeness (QED) is 0.921. The highest BCUT2D eigenvalue weighted by molar-refractivity contribution is 5.31. The lowest BCUT2D eigenvalue weighted by atomic mass is 9.88. The Labute approximate surface area is 110 Å². The zero-order valence-electron chi connectivity index (χ0n) is 11.3. The predicted molar refractivity (Wildman–Crippen MR) is 64.3 cm³/mol. The third-order valence-electron chi connectivity index (χ3n) is 2.51. The van der Waals surface area contributed by atoms with Crippen molar-refractivity contribution in [1.82, 2.24) is 15.1 Å². The smallest absolute Gasteiger partial charge is 0.290 e. The molecule has 0 spiro atoms. The minimum atomic E-state index is -4.35. The van der Waals surface area contributed by atoms with E-state index in [0.717, 1.165) is 0 Å². The molecular weight excluding hydrogens is 257 g/mol. The van der Waals surface area contributed by atoms with Crippen LogP contribution in [0.2, 0.25) is 0 Å². The lowest BCUT2D eigenvalue weighted by Crippen LogP contribution is -2.32. The van der Waals surface area contributed by atoms with E-state index in [4.69, 9.17) is 5.26 Å². The topological polar surface area (TPSA) is 53.6 Å². The lowest BCUT2D eigenvalue weighted by molar-refractivity contribution is -0.125. The summed E-state index contributed by atoms with van der Waals surface area (Å²) in [7, 11) is 1.68. The van der Waals surface area contributed by atoms with Crippen molar-refractivity contribution >= 4 is 0 Å². The van der Waals surface area contributed by atoms with Crippen molar-refractivity contribution < 1.29 is 13.2 Å². The van der Waals surface area contributed by atoms with Gasteiger partial charge in [0.25, 0.3) is 0 Å². The number of nitrogens with one attached hydrogen (secondary N) is 1. The van der Waals surface area contributed by atoms with Gasteiger partial charge in [-0.05, 0) is 0 Å². The van der Waals surface area contributed by atoms with Crippen LogP contribution < -0.4 is 5.32 Å². The molecule has 0 bridgehead atoms. The molecule has 0 radical (unpaired) electrons. The number of hydrogen-bond donors (Lipinski definition) is 1. The standard InChI is InChI=1S/C12H17F3N4/c1-11(2,3)10-8(6-19(4)18-10)9(5-16)17-7-12(13,14)15/h6,9,17H,7H2,1-4H3. The van der Waals surface area contributed by atoms with Gasteiger partial charge < -0.3 is 0 Å². The van der Waals surface area contributed by atoms with Gasteiger partial charge in [-0.2, -0.15) is 23.5 Å². The molecule has 1 unspecified atom stereocenters. The fourth-order valence-electron chi connectivity index (χ4n) is 1.74. The van der Waals surface area contributed by atoms with E-state index in [9.17, 15) is 13.2 Å². The predicted octanol–water partition coefficient (Wildman–Crippen LogP) is 2.43. The van der Waals surface area contributed by atoms with Gasteiger partial charge in [-0.1, -0.05) is 20.8 Å². The molecule has 0 aliphatic carbocycles. The monoisotopic (exact) mass is 274 g/mol. The summed E-state index contributed by atoms with van der Waals surface area (Å²) in [6.45, 7) is 4.49. The zero-order chi connectivity index (χ0) is 14.8. The molecule has 1 atom stereocenters. The highest BCUT2D eigenvalue weighted by Gasteiger charge is 2.31. The van der Waals surface area contributed by atoms with Crippen LogP contribution in [-0.2, 0) is 12.5 Å². The van der Waals surface area contributed by atoms with Gasteiger partial charge >= 0.3 is 6.18 Å². The lowest BCUT2D eigenvalue weighted by Gasteiger charge is -2.20. The number of halogens is 3. The first-order valence-corrected chi connectivity index (χ1v) is 5.78. The molecule has 4 nitrogen and oxygen atoms in total. The molecule has 1 aromatic heterocycles. The van der Waals surface area contributed by atoms with Crippen molar-refractivity contribution in [3.63, 3.8) is 0 Å². The molecule has 0 saturated carbocycles. The van der Waals surface area contributed by atoms with Crippen molar-refractivity contribution in [3.05, 3.63) is 17.5 Å². The summed E-state index contributed by atoms with van der Waals surface area (Å²) >= 11 is 0. The van der Waals surface area contributed by atoms with Gasteiger partial charge in [0.15, 0.2) is 0 Å². The first-order chi connectivity index (χ1) is 8.54. The van der Waals surface area contributed by atoms with Crippen molar-refractivity contribution in [2.24, 2.45) is 7.05 Å². The van der Waals surface area contributed by atoms with Crippen LogP contribution in [0.5, 0.6) is 0 Å². The number of alkyl halides is 3. The minimum Gasteiger partial charge on any atom is -0.290 e. The van der Waals surface area contributed by atoms with Gasteiger partial charge in [-0.25, -0.2) is 0 Å². The Hall–Kier alpha value is -1.55. The summed E-state index contributed by atoms with van der Waals surface area (Å²) in [5.74, 6) is 0. The highest BCUT2D eigenvalue weighted by Crippen LogP contribution is 2.28. The van der Waals surface area contributed by atoms with Crippen LogP contribution in [0.1, 0.15) is 38.1 Å². The molecule has 0 fully saturated rings. The number of aryl methyl sites for hydroxylation is 1. The summed E-state index contributed by atoms with van der Waals surface area (Å²) in [6, 6.07) is 0.829. The molecule has 0 amide bonds. The SMILES string of the molecule is Cn1cc(C(C#N)NCC(F)(F)F)c(C(C)(C)C)n1. The molecule has 19 heavy (non-hydrogen) atoms. The number of rotatable bonds is 3. The Morgan fingerprint density at radius 1 is 1.42 bits per heavy atom. The van der Waals surface area contributed by atoms with E-state index in [1.54, 1.807) is 13.2 Å². The molecule has 0 aromatic carbocycles. The number of aromatic nitrogens is 2. The van der Waals surface area contributed by atoms with Crippen LogP contribution >= 0.6 is 0 Å². The van der Waals surface area contributed by atoms with Crippen LogP contribution in [0, 0.1) is 11.3 Å². The molecule has 1 rings (SSSR count). The van der Waals surface area contributed by atoms with Gasteiger partial charge in [0, 0.05) is 24.2 Å². The van der Waals surface area contributed by atoms with Gasteiger partial charge in [-0.3, -0.25) is 10.00 Å². The molecule has 106 valence electrons. The molecular formula is C12H17F3N4. The van der Waals surface area contributed by atoms with Gasteiger partial charge in [0.2, 0.25) is 0 Å². The second-order valence-corrected chi connectivity index (χ2v) is 5.41. The summed E-state index contributed by atoms with van der Waals surface area (Å²) in [6.07, 6.45) is -2.77. The number of nitrogens with zero attached hydrogens (tertiary/aromatic N) is 3. The maximum absolute atomic E-state index is 12.2. The molecule has 0 aliphatic heterocycles. The van der Waals surface area contributed by atoms with Crippen molar-refractivity contribution in [2.45, 2.75) is 38.4 Å². The largest absolute Gasteiger partial charge is 0.401 e. The first kappa shape index (κ1) is 15.5. The van der Waals surface area contributed by atoms with E-state index < -0.39 is 18.8 Å². The summed E-state index contributed by atoms with van der Waals surface area (Å²) < 4.78 is 38.2. The maximum atomic E-state index is 12.2. The fourth-order valence-corrected chi connectivity index (χ4v) is 1.74. The Kier molecular flexibility index (Phi) is 4.25. The van der Waals surface area contributed by atoms with Crippen molar-refractivity contribution in [3.8, 4) is 6.07 Å². The third kappa shape index (κ3) is 4.24. The van der Waals surface area contributed by atoms with Crippen molar-refractivity contribution in [2.75, 3.05) is 6.54 Å². The van der Waals surface area contributed by atoms with Gasteiger partial charge in [0.05, 0.1) is 18.3 Å². The Balaban J connectivity index is 3.03. The van der Waals surface area contributed by atoms with Crippen LogP contribution in [0.15, 0.2) is 6.20 Å². The van der Waals surface area contributed by atoms with E-state index in [1.165, 1.54) is 4.68 Å². The normalized spacial score (nSPS) is 14.2. The summed E-state index contributed by atoms with van der Waals surface area (Å²) in [4.78, 5) is 0. The van der Waals surface area contributed by atoms with Gasteiger partial charge in [-0.15, -0.1) is 0 Å². The molecule has 1 heterocycles. The Morgan fingerprint density at radius 2 is 2.00 bits per heavy atom. The first-order valence-electron chi connectivity index (χ1n) is 5.78. The van der Waals surface area contributed by atoms with Crippen LogP contribution in [0.25, 0.3) is 0 Å². The number of nitriles is 1. The maximum Gasteiger partial charge on any atom is 0.401 e. The average Bonchev–Trinajstić information content (AvgIpc) is 2.59. The summed E-state index contributed by atoms with van der Waals surface area (Å²) in [5.41, 5.74) is 0.768. The molecule has 1 N–H and O–H groups in total. The Bertz CT molecular complexity index is 477.